The zero-order valence-electron chi connectivity index (χ0n) is 18.2. The van der Waals surface area contributed by atoms with Gasteiger partial charge in [0.2, 0.25) is 11.8 Å². The number of nitrogens with one attached hydrogen (secondary N) is 2. The molecule has 0 saturated heterocycles. The summed E-state index contributed by atoms with van der Waals surface area (Å²) in [5, 5.41) is 5.76. The van der Waals surface area contributed by atoms with Crippen molar-refractivity contribution in [3.63, 3.8) is 0 Å². The molecule has 0 aliphatic heterocycles. The Morgan fingerprint density at radius 2 is 1.77 bits per heavy atom. The van der Waals surface area contributed by atoms with Crippen LogP contribution in [0.3, 0.4) is 0 Å². The zero-order valence-corrected chi connectivity index (χ0v) is 18.2. The predicted molar refractivity (Wildman–Crippen MR) is 118 cm³/mol. The molecule has 0 bridgehead atoms. The number of anilines is 1. The van der Waals surface area contributed by atoms with Gasteiger partial charge in [0.1, 0.15) is 11.6 Å². The molecule has 0 fully saturated rings. The van der Waals surface area contributed by atoms with Crippen LogP contribution in [0.1, 0.15) is 58.5 Å². The molecule has 1 heterocycles. The van der Waals surface area contributed by atoms with Crippen molar-refractivity contribution < 1.29 is 14.0 Å². The Bertz CT molecular complexity index is 1030. The Morgan fingerprint density at radius 1 is 1.07 bits per heavy atom. The standard InChI is InChI=1S/C24H29N3O3/c1-15(2)13-20(28)27-21(16-9-7-6-8-10-16)22(29)25-17-11-12-19-18(14-17)26-23(30-19)24(3,4)5/h6-12,14-15,21H,13H2,1-5H3,(H,25,29)(H,27,28). The number of oxazole rings is 1. The van der Waals surface area contributed by atoms with Crippen molar-refractivity contribution in [2.45, 2.75) is 52.5 Å². The highest BCUT2D eigenvalue weighted by molar-refractivity contribution is 5.99. The first-order valence-corrected chi connectivity index (χ1v) is 10.2. The minimum atomic E-state index is -0.782. The fourth-order valence-corrected chi connectivity index (χ4v) is 3.08. The molecule has 1 atom stereocenters. The third-order valence-electron chi connectivity index (χ3n) is 4.59. The fraction of sp³-hybridized carbons (Fsp3) is 0.375. The first-order chi connectivity index (χ1) is 14.1. The normalized spacial score (nSPS) is 12.7. The maximum atomic E-state index is 13.1. The average Bonchev–Trinajstić information content (AvgIpc) is 3.10. The van der Waals surface area contributed by atoms with Crippen LogP contribution in [0.25, 0.3) is 11.1 Å². The van der Waals surface area contributed by atoms with Crippen LogP contribution in [0.4, 0.5) is 5.69 Å². The van der Waals surface area contributed by atoms with Crippen LogP contribution in [0, 0.1) is 5.92 Å². The molecule has 0 aliphatic rings. The third-order valence-corrected chi connectivity index (χ3v) is 4.59. The number of fused-ring (bicyclic) bond motifs is 1. The average molecular weight is 408 g/mol. The van der Waals surface area contributed by atoms with E-state index in [2.05, 4.69) is 15.6 Å². The lowest BCUT2D eigenvalue weighted by molar-refractivity contribution is -0.127. The van der Waals surface area contributed by atoms with Gasteiger partial charge < -0.3 is 15.1 Å². The first-order valence-electron chi connectivity index (χ1n) is 10.2. The lowest BCUT2D eigenvalue weighted by atomic mass is 9.97. The van der Waals surface area contributed by atoms with E-state index < -0.39 is 6.04 Å². The van der Waals surface area contributed by atoms with Gasteiger partial charge in [-0.15, -0.1) is 0 Å². The molecule has 2 aromatic carbocycles. The van der Waals surface area contributed by atoms with Crippen molar-refractivity contribution in [1.82, 2.24) is 10.3 Å². The summed E-state index contributed by atoms with van der Waals surface area (Å²) in [5.74, 6) is 0.383. The van der Waals surface area contributed by atoms with E-state index in [9.17, 15) is 9.59 Å². The first kappa shape index (κ1) is 21.6. The second-order valence-electron chi connectivity index (χ2n) is 8.95. The van der Waals surface area contributed by atoms with Gasteiger partial charge >= 0.3 is 0 Å². The molecule has 0 radical (unpaired) electrons. The summed E-state index contributed by atoms with van der Waals surface area (Å²) in [6.07, 6.45) is 0.358. The van der Waals surface area contributed by atoms with Crippen LogP contribution in [-0.4, -0.2) is 16.8 Å². The SMILES string of the molecule is CC(C)CC(=O)NC(C(=O)Nc1ccc2oc(C(C)(C)C)nc2c1)c1ccccc1. The Morgan fingerprint density at radius 3 is 2.40 bits per heavy atom. The molecule has 0 aliphatic carbocycles. The lowest BCUT2D eigenvalue weighted by Crippen LogP contribution is -2.37. The van der Waals surface area contributed by atoms with E-state index in [4.69, 9.17) is 4.42 Å². The summed E-state index contributed by atoms with van der Waals surface area (Å²) >= 11 is 0. The summed E-state index contributed by atoms with van der Waals surface area (Å²) in [6, 6.07) is 13.8. The molecule has 1 aromatic heterocycles. The number of hydrogen-bond donors (Lipinski definition) is 2. The molecular formula is C24H29N3O3. The minimum Gasteiger partial charge on any atom is -0.440 e. The van der Waals surface area contributed by atoms with Gasteiger partial charge in [-0.2, -0.15) is 0 Å². The van der Waals surface area contributed by atoms with Crippen molar-refractivity contribution in [1.29, 1.82) is 0 Å². The van der Waals surface area contributed by atoms with Gasteiger partial charge in [-0.05, 0) is 29.7 Å². The van der Waals surface area contributed by atoms with E-state index in [1.54, 1.807) is 18.2 Å². The second kappa shape index (κ2) is 8.69. The van der Waals surface area contributed by atoms with Crippen molar-refractivity contribution in [3.8, 4) is 0 Å². The minimum absolute atomic E-state index is 0.157. The smallest absolute Gasteiger partial charge is 0.251 e. The van der Waals surface area contributed by atoms with Crippen LogP contribution in [0.5, 0.6) is 0 Å². The quantitative estimate of drug-likeness (QED) is 0.604. The Hall–Kier alpha value is -3.15. The van der Waals surface area contributed by atoms with Gasteiger partial charge in [-0.1, -0.05) is 65.0 Å². The van der Waals surface area contributed by atoms with Crippen molar-refractivity contribution in [2.75, 3.05) is 5.32 Å². The summed E-state index contributed by atoms with van der Waals surface area (Å²) in [5.41, 5.74) is 2.46. The molecular weight excluding hydrogens is 378 g/mol. The maximum absolute atomic E-state index is 13.1. The molecule has 0 saturated carbocycles. The van der Waals surface area contributed by atoms with Crippen molar-refractivity contribution >= 4 is 28.6 Å². The van der Waals surface area contributed by atoms with Gasteiger partial charge in [-0.25, -0.2) is 4.98 Å². The van der Waals surface area contributed by atoms with Crippen LogP contribution in [0.2, 0.25) is 0 Å². The molecule has 1 unspecified atom stereocenters. The summed E-state index contributed by atoms with van der Waals surface area (Å²) in [7, 11) is 0. The highest BCUT2D eigenvalue weighted by atomic mass is 16.3. The van der Waals surface area contributed by atoms with Gasteiger partial charge in [0.25, 0.3) is 5.91 Å². The van der Waals surface area contributed by atoms with Crippen molar-refractivity contribution in [2.24, 2.45) is 5.92 Å². The molecule has 6 nitrogen and oxygen atoms in total. The Kier molecular flexibility index (Phi) is 6.25. The highest BCUT2D eigenvalue weighted by Gasteiger charge is 2.24. The number of rotatable bonds is 6. The molecule has 2 N–H and O–H groups in total. The summed E-state index contributed by atoms with van der Waals surface area (Å²) in [6.45, 7) is 10.0. The number of aromatic nitrogens is 1. The third kappa shape index (κ3) is 5.26. The van der Waals surface area contributed by atoms with Gasteiger partial charge in [0.05, 0.1) is 0 Å². The second-order valence-corrected chi connectivity index (χ2v) is 8.95. The molecule has 2 amide bonds. The number of amides is 2. The number of carbonyl (C=O) groups is 2. The summed E-state index contributed by atoms with van der Waals surface area (Å²) < 4.78 is 5.82. The Labute approximate surface area is 177 Å². The van der Waals surface area contributed by atoms with E-state index in [1.807, 2.05) is 65.0 Å². The van der Waals surface area contributed by atoms with E-state index in [0.29, 0.717) is 29.1 Å². The number of nitrogens with zero attached hydrogens (tertiary/aromatic N) is 1. The number of hydrogen-bond acceptors (Lipinski definition) is 4. The zero-order chi connectivity index (χ0) is 21.9. The van der Waals surface area contributed by atoms with Crippen LogP contribution < -0.4 is 10.6 Å². The van der Waals surface area contributed by atoms with Crippen molar-refractivity contribution in [3.05, 3.63) is 60.0 Å². The van der Waals surface area contributed by atoms with Crippen LogP contribution in [-0.2, 0) is 15.0 Å². The number of carbonyl (C=O) groups excluding carboxylic acids is 2. The summed E-state index contributed by atoms with van der Waals surface area (Å²) in [4.78, 5) is 30.0. The van der Waals surface area contributed by atoms with Gasteiger partial charge in [0.15, 0.2) is 5.58 Å². The number of benzene rings is 2. The molecule has 158 valence electrons. The van der Waals surface area contributed by atoms with E-state index in [-0.39, 0.29) is 23.1 Å². The van der Waals surface area contributed by atoms with E-state index in [1.165, 1.54) is 0 Å². The monoisotopic (exact) mass is 407 g/mol. The molecule has 3 aromatic rings. The molecule has 6 heteroatoms. The van der Waals surface area contributed by atoms with Gasteiger partial charge in [0, 0.05) is 17.5 Å². The van der Waals surface area contributed by atoms with Crippen LogP contribution >= 0.6 is 0 Å². The topological polar surface area (TPSA) is 84.2 Å². The maximum Gasteiger partial charge on any atom is 0.251 e. The lowest BCUT2D eigenvalue weighted by Gasteiger charge is -2.19. The Balaban J connectivity index is 1.83. The molecule has 30 heavy (non-hydrogen) atoms. The van der Waals surface area contributed by atoms with E-state index >= 15 is 0 Å². The van der Waals surface area contributed by atoms with Crippen LogP contribution in [0.15, 0.2) is 52.9 Å². The predicted octanol–water partition coefficient (Wildman–Crippen LogP) is 4.97. The molecule has 3 rings (SSSR count). The van der Waals surface area contributed by atoms with Gasteiger partial charge in [-0.3, -0.25) is 9.59 Å². The van der Waals surface area contributed by atoms with E-state index in [0.717, 1.165) is 5.56 Å². The molecule has 0 spiro atoms. The fourth-order valence-electron chi connectivity index (χ4n) is 3.08. The highest BCUT2D eigenvalue weighted by Crippen LogP contribution is 2.27. The largest absolute Gasteiger partial charge is 0.440 e.